The van der Waals surface area contributed by atoms with E-state index in [0.717, 1.165) is 0 Å². The SMILES string of the molecule is CNC[C@H](O)c1ccc(O)c(CO)c1. The Kier molecular flexibility index (Phi) is 3.88. The maximum Gasteiger partial charge on any atom is 0.121 e. The quantitative estimate of drug-likeness (QED) is 0.554. The van der Waals surface area contributed by atoms with Gasteiger partial charge in [-0.25, -0.2) is 0 Å². The van der Waals surface area contributed by atoms with Crippen LogP contribution >= 0.6 is 0 Å². The molecule has 0 heterocycles. The van der Waals surface area contributed by atoms with E-state index >= 15 is 0 Å². The first-order valence-corrected chi connectivity index (χ1v) is 4.44. The third-order valence-corrected chi connectivity index (χ3v) is 2.06. The Morgan fingerprint density at radius 2 is 2.14 bits per heavy atom. The van der Waals surface area contributed by atoms with E-state index < -0.39 is 6.10 Å². The number of rotatable bonds is 4. The molecule has 1 aromatic carbocycles. The monoisotopic (exact) mass is 197 g/mol. The van der Waals surface area contributed by atoms with Gasteiger partial charge in [-0.15, -0.1) is 0 Å². The number of hydrogen-bond donors (Lipinski definition) is 4. The van der Waals surface area contributed by atoms with E-state index in [0.29, 0.717) is 17.7 Å². The largest absolute Gasteiger partial charge is 0.508 e. The summed E-state index contributed by atoms with van der Waals surface area (Å²) in [5.74, 6) is 0.0490. The third kappa shape index (κ3) is 2.45. The van der Waals surface area contributed by atoms with Crippen molar-refractivity contribution in [2.45, 2.75) is 12.7 Å². The first-order chi connectivity index (χ1) is 6.69. The lowest BCUT2D eigenvalue weighted by Gasteiger charge is -2.11. The normalized spacial score (nSPS) is 12.8. The lowest BCUT2D eigenvalue weighted by atomic mass is 10.1. The van der Waals surface area contributed by atoms with Gasteiger partial charge in [-0.3, -0.25) is 0 Å². The van der Waals surface area contributed by atoms with Gasteiger partial charge in [0.1, 0.15) is 5.75 Å². The van der Waals surface area contributed by atoms with Gasteiger partial charge in [0.25, 0.3) is 0 Å². The molecule has 4 heteroatoms. The summed E-state index contributed by atoms with van der Waals surface area (Å²) in [5.41, 5.74) is 1.11. The Morgan fingerprint density at radius 3 is 2.71 bits per heavy atom. The summed E-state index contributed by atoms with van der Waals surface area (Å²) in [6.45, 7) is 0.210. The molecule has 1 aromatic rings. The number of likely N-dealkylation sites (N-methyl/N-ethyl adjacent to an activating group) is 1. The van der Waals surface area contributed by atoms with Crippen molar-refractivity contribution in [3.63, 3.8) is 0 Å². The van der Waals surface area contributed by atoms with Gasteiger partial charge in [-0.05, 0) is 24.7 Å². The molecular weight excluding hydrogens is 182 g/mol. The Labute approximate surface area is 82.8 Å². The van der Waals surface area contributed by atoms with E-state index in [9.17, 15) is 10.2 Å². The highest BCUT2D eigenvalue weighted by Crippen LogP contribution is 2.21. The Morgan fingerprint density at radius 1 is 1.43 bits per heavy atom. The molecule has 0 spiro atoms. The van der Waals surface area contributed by atoms with E-state index in [1.165, 1.54) is 6.07 Å². The molecule has 0 amide bonds. The van der Waals surface area contributed by atoms with Gasteiger partial charge in [0.2, 0.25) is 0 Å². The fraction of sp³-hybridized carbons (Fsp3) is 0.400. The zero-order chi connectivity index (χ0) is 10.6. The molecule has 4 N–H and O–H groups in total. The number of nitrogens with one attached hydrogen (secondary N) is 1. The van der Waals surface area contributed by atoms with Crippen molar-refractivity contribution in [3.05, 3.63) is 29.3 Å². The minimum Gasteiger partial charge on any atom is -0.508 e. The fourth-order valence-corrected chi connectivity index (χ4v) is 1.25. The molecule has 0 radical (unpaired) electrons. The summed E-state index contributed by atoms with van der Waals surface area (Å²) in [6.07, 6.45) is -0.620. The van der Waals surface area contributed by atoms with Crippen LogP contribution in [-0.4, -0.2) is 28.9 Å². The summed E-state index contributed by atoms with van der Waals surface area (Å²) in [5, 5.41) is 30.6. The molecule has 0 aromatic heterocycles. The molecule has 0 aliphatic heterocycles. The minimum absolute atomic E-state index is 0.0490. The van der Waals surface area contributed by atoms with E-state index in [4.69, 9.17) is 5.11 Å². The van der Waals surface area contributed by atoms with Gasteiger partial charge in [0.05, 0.1) is 12.7 Å². The highest BCUT2D eigenvalue weighted by Gasteiger charge is 2.08. The number of hydrogen-bond acceptors (Lipinski definition) is 4. The molecule has 0 bridgehead atoms. The maximum absolute atomic E-state index is 9.61. The van der Waals surface area contributed by atoms with Crippen LogP contribution in [0.15, 0.2) is 18.2 Å². The molecule has 78 valence electrons. The average Bonchev–Trinajstić information content (AvgIpc) is 2.19. The topological polar surface area (TPSA) is 72.7 Å². The first-order valence-electron chi connectivity index (χ1n) is 4.44. The highest BCUT2D eigenvalue weighted by molar-refractivity contribution is 5.36. The van der Waals surface area contributed by atoms with Crippen LogP contribution in [0.4, 0.5) is 0 Å². The van der Waals surface area contributed by atoms with Crippen LogP contribution in [0.1, 0.15) is 17.2 Å². The molecule has 0 aliphatic rings. The van der Waals surface area contributed by atoms with E-state index in [2.05, 4.69) is 5.32 Å². The van der Waals surface area contributed by atoms with Crippen LogP contribution in [0.5, 0.6) is 5.75 Å². The van der Waals surface area contributed by atoms with Gasteiger partial charge < -0.3 is 20.6 Å². The number of benzene rings is 1. The van der Waals surface area contributed by atoms with Crippen LogP contribution in [-0.2, 0) is 6.61 Å². The Hall–Kier alpha value is -1.10. The van der Waals surface area contributed by atoms with Crippen LogP contribution in [0.2, 0.25) is 0 Å². The van der Waals surface area contributed by atoms with Gasteiger partial charge >= 0.3 is 0 Å². The van der Waals surface area contributed by atoms with Crippen molar-refractivity contribution in [1.82, 2.24) is 5.32 Å². The third-order valence-electron chi connectivity index (χ3n) is 2.06. The van der Waals surface area contributed by atoms with Crippen molar-refractivity contribution in [3.8, 4) is 5.75 Å². The predicted molar refractivity (Wildman–Crippen MR) is 52.9 cm³/mol. The molecule has 14 heavy (non-hydrogen) atoms. The predicted octanol–water partition coefficient (Wildman–Crippen LogP) is 0.137. The number of aliphatic hydroxyl groups excluding tert-OH is 2. The van der Waals surface area contributed by atoms with Crippen LogP contribution in [0, 0.1) is 0 Å². The lowest BCUT2D eigenvalue weighted by molar-refractivity contribution is 0.177. The lowest BCUT2D eigenvalue weighted by Crippen LogP contribution is -2.16. The second-order valence-electron chi connectivity index (χ2n) is 3.12. The Balaban J connectivity index is 2.88. The van der Waals surface area contributed by atoms with Crippen molar-refractivity contribution >= 4 is 0 Å². The molecule has 1 rings (SSSR count). The second-order valence-corrected chi connectivity index (χ2v) is 3.12. The van der Waals surface area contributed by atoms with Gasteiger partial charge in [0.15, 0.2) is 0 Å². The smallest absolute Gasteiger partial charge is 0.121 e. The molecule has 4 nitrogen and oxygen atoms in total. The van der Waals surface area contributed by atoms with Crippen LogP contribution in [0.25, 0.3) is 0 Å². The number of aliphatic hydroxyl groups is 2. The standard InChI is InChI=1S/C10H15NO3/c1-11-5-10(14)7-2-3-9(13)8(4-7)6-12/h2-4,10-14H,5-6H2,1H3/t10-/m0/s1. The summed E-state index contributed by atoms with van der Waals surface area (Å²) in [7, 11) is 1.75. The average molecular weight is 197 g/mol. The maximum atomic E-state index is 9.61. The van der Waals surface area contributed by atoms with Crippen molar-refractivity contribution in [2.24, 2.45) is 0 Å². The molecule has 0 fully saturated rings. The van der Waals surface area contributed by atoms with Crippen LogP contribution < -0.4 is 5.32 Å². The van der Waals surface area contributed by atoms with Gasteiger partial charge in [0, 0.05) is 12.1 Å². The molecular formula is C10H15NO3. The molecule has 0 unspecified atom stereocenters. The van der Waals surface area contributed by atoms with Crippen LogP contribution in [0.3, 0.4) is 0 Å². The molecule has 0 saturated heterocycles. The summed E-state index contributed by atoms with van der Waals surface area (Å²) in [4.78, 5) is 0. The zero-order valence-electron chi connectivity index (χ0n) is 8.07. The van der Waals surface area contributed by atoms with Gasteiger partial charge in [-0.2, -0.15) is 0 Å². The number of phenols is 1. The summed E-state index contributed by atoms with van der Waals surface area (Å²) < 4.78 is 0. The fourth-order valence-electron chi connectivity index (χ4n) is 1.25. The highest BCUT2D eigenvalue weighted by atomic mass is 16.3. The molecule has 0 saturated carbocycles. The Bertz CT molecular complexity index is 301. The van der Waals surface area contributed by atoms with E-state index in [-0.39, 0.29) is 12.4 Å². The summed E-state index contributed by atoms with van der Waals surface area (Å²) >= 11 is 0. The summed E-state index contributed by atoms with van der Waals surface area (Å²) in [6, 6.07) is 4.70. The first kappa shape index (κ1) is 11.0. The van der Waals surface area contributed by atoms with E-state index in [1.807, 2.05) is 0 Å². The van der Waals surface area contributed by atoms with Gasteiger partial charge in [-0.1, -0.05) is 6.07 Å². The zero-order valence-corrected chi connectivity index (χ0v) is 8.07. The molecule has 1 atom stereocenters. The van der Waals surface area contributed by atoms with Crippen molar-refractivity contribution in [1.29, 1.82) is 0 Å². The van der Waals surface area contributed by atoms with E-state index in [1.54, 1.807) is 19.2 Å². The van der Waals surface area contributed by atoms with Crippen molar-refractivity contribution in [2.75, 3.05) is 13.6 Å². The van der Waals surface area contributed by atoms with Crippen molar-refractivity contribution < 1.29 is 15.3 Å². The molecule has 0 aliphatic carbocycles. The second kappa shape index (κ2) is 4.95. The number of aromatic hydroxyl groups is 1. The minimum atomic E-state index is -0.620.